The fourth-order valence-corrected chi connectivity index (χ4v) is 2.77. The van der Waals surface area contributed by atoms with Gasteiger partial charge in [-0.05, 0) is 31.4 Å². The zero-order chi connectivity index (χ0) is 18.5. The fraction of sp³-hybridized carbons (Fsp3) is 0.444. The Bertz CT molecular complexity index is 772. The normalized spacial score (nSPS) is 13.6. The zero-order valence-electron chi connectivity index (χ0n) is 15.5. The molecule has 1 saturated heterocycles. The molecule has 8 nitrogen and oxygen atoms in total. The average molecular weight is 355 g/mol. The first-order chi connectivity index (χ1) is 12.5. The van der Waals surface area contributed by atoms with E-state index in [-0.39, 0.29) is 12.6 Å². The molecule has 3 rings (SSSR count). The lowest BCUT2D eigenvalue weighted by Crippen LogP contribution is -2.30. The van der Waals surface area contributed by atoms with Crippen LogP contribution in [0.2, 0.25) is 0 Å². The number of carbonyl (C=O) groups is 1. The molecule has 2 aromatic rings. The van der Waals surface area contributed by atoms with Crippen molar-refractivity contribution in [1.82, 2.24) is 20.3 Å². The van der Waals surface area contributed by atoms with E-state index in [4.69, 9.17) is 0 Å². The summed E-state index contributed by atoms with van der Waals surface area (Å²) in [4.78, 5) is 29.7. The van der Waals surface area contributed by atoms with Gasteiger partial charge in [0.25, 0.3) is 0 Å². The molecule has 2 amide bonds. The van der Waals surface area contributed by atoms with Gasteiger partial charge in [-0.15, -0.1) is 0 Å². The number of benzene rings is 1. The molecular weight excluding hydrogens is 330 g/mol. The molecule has 1 fully saturated rings. The number of para-hydroxylation sites is 1. The third-order valence-electron chi connectivity index (χ3n) is 4.25. The number of hydrogen-bond donors (Lipinski definition) is 2. The quantitative estimate of drug-likeness (QED) is 0.855. The summed E-state index contributed by atoms with van der Waals surface area (Å²) in [5.41, 5.74) is 1.79. The van der Waals surface area contributed by atoms with Crippen molar-refractivity contribution in [3.63, 3.8) is 0 Å². The van der Waals surface area contributed by atoms with Crippen LogP contribution in [-0.2, 0) is 6.54 Å². The predicted molar refractivity (Wildman–Crippen MR) is 103 cm³/mol. The first-order valence-electron chi connectivity index (χ1n) is 8.80. The largest absolute Gasteiger partial charge is 0.347 e. The van der Waals surface area contributed by atoms with Crippen LogP contribution in [-0.4, -0.2) is 48.2 Å². The number of rotatable bonds is 5. The lowest BCUT2D eigenvalue weighted by Gasteiger charge is -2.19. The fourth-order valence-electron chi connectivity index (χ4n) is 2.77. The molecule has 1 aliphatic rings. The highest BCUT2D eigenvalue weighted by Gasteiger charge is 2.18. The molecular formula is C18H25N7O. The molecule has 8 heteroatoms. The molecule has 1 aromatic carbocycles. The van der Waals surface area contributed by atoms with Crippen molar-refractivity contribution in [2.45, 2.75) is 26.3 Å². The highest BCUT2D eigenvalue weighted by Crippen LogP contribution is 2.18. The molecule has 0 unspecified atom stereocenters. The SMILES string of the molecule is Cc1ccccc1NC(=O)NCc1nc(N(C)C)nc(N2CCCC2)n1. The van der Waals surface area contributed by atoms with Crippen molar-refractivity contribution in [3.8, 4) is 0 Å². The van der Waals surface area contributed by atoms with Crippen LogP contribution >= 0.6 is 0 Å². The monoisotopic (exact) mass is 355 g/mol. The van der Waals surface area contributed by atoms with Crippen molar-refractivity contribution in [3.05, 3.63) is 35.7 Å². The molecule has 0 bridgehead atoms. The van der Waals surface area contributed by atoms with E-state index in [2.05, 4.69) is 30.5 Å². The van der Waals surface area contributed by atoms with E-state index in [0.717, 1.165) is 37.2 Å². The van der Waals surface area contributed by atoms with Crippen molar-refractivity contribution in [2.75, 3.05) is 42.3 Å². The molecule has 0 saturated carbocycles. The lowest BCUT2D eigenvalue weighted by molar-refractivity contribution is 0.251. The van der Waals surface area contributed by atoms with E-state index in [1.54, 1.807) is 0 Å². The minimum Gasteiger partial charge on any atom is -0.347 e. The third-order valence-corrected chi connectivity index (χ3v) is 4.25. The van der Waals surface area contributed by atoms with Crippen molar-refractivity contribution < 1.29 is 4.79 Å². The second-order valence-electron chi connectivity index (χ2n) is 6.56. The maximum atomic E-state index is 12.2. The first kappa shape index (κ1) is 17.9. The van der Waals surface area contributed by atoms with Gasteiger partial charge in [0, 0.05) is 32.9 Å². The van der Waals surface area contributed by atoms with Gasteiger partial charge >= 0.3 is 6.03 Å². The van der Waals surface area contributed by atoms with Gasteiger partial charge in [0.2, 0.25) is 11.9 Å². The van der Waals surface area contributed by atoms with Gasteiger partial charge in [-0.25, -0.2) is 4.79 Å². The van der Waals surface area contributed by atoms with Crippen LogP contribution < -0.4 is 20.4 Å². The maximum absolute atomic E-state index is 12.2. The summed E-state index contributed by atoms with van der Waals surface area (Å²) in [5, 5.41) is 5.66. The van der Waals surface area contributed by atoms with Gasteiger partial charge in [-0.3, -0.25) is 0 Å². The van der Waals surface area contributed by atoms with Crippen molar-refractivity contribution >= 4 is 23.6 Å². The molecule has 0 spiro atoms. The number of nitrogens with zero attached hydrogens (tertiary/aromatic N) is 5. The molecule has 0 radical (unpaired) electrons. The Labute approximate surface area is 153 Å². The van der Waals surface area contributed by atoms with Gasteiger partial charge in [-0.2, -0.15) is 15.0 Å². The van der Waals surface area contributed by atoms with Gasteiger partial charge in [0.15, 0.2) is 5.82 Å². The summed E-state index contributed by atoms with van der Waals surface area (Å²) in [6.45, 7) is 4.10. The highest BCUT2D eigenvalue weighted by molar-refractivity contribution is 5.89. The maximum Gasteiger partial charge on any atom is 0.319 e. The second kappa shape index (κ2) is 7.99. The number of aryl methyl sites for hydroxylation is 1. The van der Waals surface area contributed by atoms with Crippen molar-refractivity contribution in [1.29, 1.82) is 0 Å². The minimum atomic E-state index is -0.283. The van der Waals surface area contributed by atoms with E-state index < -0.39 is 0 Å². The molecule has 1 aromatic heterocycles. The summed E-state index contributed by atoms with van der Waals surface area (Å²) in [5.74, 6) is 1.82. The standard InChI is InChI=1S/C18H25N7O/c1-13-8-4-5-9-14(13)20-18(26)19-12-15-21-16(24(2)3)23-17(22-15)25-10-6-7-11-25/h4-5,8-9H,6-7,10-12H2,1-3H3,(H2,19,20,26). The molecule has 0 atom stereocenters. The predicted octanol–water partition coefficient (Wildman–Crippen LogP) is 2.17. The van der Waals surface area contributed by atoms with Crippen LogP contribution in [0.1, 0.15) is 24.2 Å². The van der Waals surface area contributed by atoms with Crippen LogP contribution in [0.15, 0.2) is 24.3 Å². The lowest BCUT2D eigenvalue weighted by atomic mass is 10.2. The van der Waals surface area contributed by atoms with Crippen molar-refractivity contribution in [2.24, 2.45) is 0 Å². The summed E-state index contributed by atoms with van der Waals surface area (Å²) in [7, 11) is 3.79. The van der Waals surface area contributed by atoms with Crippen LogP contribution in [0.4, 0.5) is 22.4 Å². The average Bonchev–Trinajstić information content (AvgIpc) is 3.16. The Morgan fingerprint density at radius 2 is 1.88 bits per heavy atom. The molecule has 26 heavy (non-hydrogen) atoms. The Hall–Kier alpha value is -2.90. The van der Waals surface area contributed by atoms with E-state index >= 15 is 0 Å². The number of anilines is 3. The van der Waals surface area contributed by atoms with Gasteiger partial charge < -0.3 is 20.4 Å². The summed E-state index contributed by atoms with van der Waals surface area (Å²) < 4.78 is 0. The van der Waals surface area contributed by atoms with Crippen LogP contribution in [0, 0.1) is 6.92 Å². The zero-order valence-corrected chi connectivity index (χ0v) is 15.5. The van der Waals surface area contributed by atoms with E-state index in [9.17, 15) is 4.79 Å². The first-order valence-corrected chi connectivity index (χ1v) is 8.80. The molecule has 2 N–H and O–H groups in total. The number of carbonyl (C=O) groups excluding carboxylic acids is 1. The van der Waals surface area contributed by atoms with E-state index in [1.165, 1.54) is 0 Å². The number of aromatic nitrogens is 3. The van der Waals surface area contributed by atoms with Crippen LogP contribution in [0.3, 0.4) is 0 Å². The van der Waals surface area contributed by atoms with Gasteiger partial charge in [0.1, 0.15) is 0 Å². The van der Waals surface area contributed by atoms with Crippen LogP contribution in [0.5, 0.6) is 0 Å². The smallest absolute Gasteiger partial charge is 0.319 e. The van der Waals surface area contributed by atoms with Gasteiger partial charge in [-0.1, -0.05) is 18.2 Å². The van der Waals surface area contributed by atoms with E-state index in [0.29, 0.717) is 17.7 Å². The Morgan fingerprint density at radius 1 is 1.15 bits per heavy atom. The Balaban J connectivity index is 1.68. The summed E-state index contributed by atoms with van der Waals surface area (Å²) in [6.07, 6.45) is 2.30. The molecule has 0 aliphatic carbocycles. The summed E-state index contributed by atoms with van der Waals surface area (Å²) in [6, 6.07) is 7.36. The molecule has 1 aliphatic heterocycles. The highest BCUT2D eigenvalue weighted by atomic mass is 16.2. The number of amides is 2. The number of nitrogens with one attached hydrogen (secondary N) is 2. The number of hydrogen-bond acceptors (Lipinski definition) is 6. The van der Waals surface area contributed by atoms with Crippen LogP contribution in [0.25, 0.3) is 0 Å². The third kappa shape index (κ3) is 4.38. The Kier molecular flexibility index (Phi) is 5.50. The Morgan fingerprint density at radius 3 is 2.58 bits per heavy atom. The summed E-state index contributed by atoms with van der Waals surface area (Å²) >= 11 is 0. The second-order valence-corrected chi connectivity index (χ2v) is 6.56. The topological polar surface area (TPSA) is 86.3 Å². The van der Waals surface area contributed by atoms with E-state index in [1.807, 2.05) is 50.2 Å². The van der Waals surface area contributed by atoms with Gasteiger partial charge in [0.05, 0.1) is 6.54 Å². The molecule has 2 heterocycles. The number of urea groups is 1. The molecule has 138 valence electrons. The minimum absolute atomic E-state index is 0.238.